The predicted octanol–water partition coefficient (Wildman–Crippen LogP) is 2.19. The molecule has 2 N–H and O–H groups in total. The summed E-state index contributed by atoms with van der Waals surface area (Å²) in [7, 11) is 0. The minimum absolute atomic E-state index is 0.0906. The molecule has 0 spiro atoms. The van der Waals surface area contributed by atoms with Crippen LogP contribution in [0.3, 0.4) is 0 Å². The fraction of sp³-hybridized carbons (Fsp3) is 0.538. The van der Waals surface area contributed by atoms with Crippen molar-refractivity contribution < 1.29 is 4.79 Å². The third-order valence-electron chi connectivity index (χ3n) is 3.30. The van der Waals surface area contributed by atoms with Crippen molar-refractivity contribution in [2.24, 2.45) is 0 Å². The Balaban J connectivity index is 1.52. The van der Waals surface area contributed by atoms with E-state index >= 15 is 0 Å². The SMILES string of the molecule is CC(C)c1cc(NC(=O)CSc2nncn2C2CC2)n[nH]1. The van der Waals surface area contributed by atoms with Crippen LogP contribution in [-0.2, 0) is 4.79 Å². The molecule has 0 atom stereocenters. The van der Waals surface area contributed by atoms with E-state index in [1.54, 1.807) is 6.33 Å². The van der Waals surface area contributed by atoms with Gasteiger partial charge in [0.05, 0.1) is 5.75 Å². The number of hydrogen-bond donors (Lipinski definition) is 2. The zero-order valence-corrected chi connectivity index (χ0v) is 12.9. The first-order valence-corrected chi connectivity index (χ1v) is 7.99. The lowest BCUT2D eigenvalue weighted by molar-refractivity contribution is -0.113. The average molecular weight is 306 g/mol. The van der Waals surface area contributed by atoms with E-state index < -0.39 is 0 Å². The van der Waals surface area contributed by atoms with Crippen molar-refractivity contribution in [3.63, 3.8) is 0 Å². The molecule has 21 heavy (non-hydrogen) atoms. The summed E-state index contributed by atoms with van der Waals surface area (Å²) in [5.74, 6) is 1.13. The Morgan fingerprint density at radius 3 is 3.05 bits per heavy atom. The Morgan fingerprint density at radius 2 is 2.38 bits per heavy atom. The zero-order valence-electron chi connectivity index (χ0n) is 12.0. The largest absolute Gasteiger partial charge is 0.308 e. The summed E-state index contributed by atoms with van der Waals surface area (Å²) in [6.45, 7) is 4.14. The van der Waals surface area contributed by atoms with Gasteiger partial charge in [-0.05, 0) is 18.8 Å². The number of H-pyrrole nitrogens is 1. The Bertz CT molecular complexity index is 630. The van der Waals surface area contributed by atoms with Gasteiger partial charge in [0.2, 0.25) is 5.91 Å². The molecule has 0 aliphatic heterocycles. The molecule has 0 radical (unpaired) electrons. The number of anilines is 1. The molecule has 0 aromatic carbocycles. The summed E-state index contributed by atoms with van der Waals surface area (Å²) >= 11 is 1.40. The van der Waals surface area contributed by atoms with E-state index in [4.69, 9.17) is 0 Å². The number of thioether (sulfide) groups is 1. The number of nitrogens with one attached hydrogen (secondary N) is 2. The van der Waals surface area contributed by atoms with Crippen molar-refractivity contribution in [3.05, 3.63) is 18.1 Å². The van der Waals surface area contributed by atoms with E-state index in [1.807, 2.05) is 10.6 Å². The Morgan fingerprint density at radius 1 is 1.57 bits per heavy atom. The van der Waals surface area contributed by atoms with E-state index in [2.05, 4.69) is 39.6 Å². The number of rotatable bonds is 6. The van der Waals surface area contributed by atoms with Gasteiger partial charge in [-0.1, -0.05) is 25.6 Å². The molecule has 0 saturated heterocycles. The molecule has 0 unspecified atom stereocenters. The van der Waals surface area contributed by atoms with Crippen LogP contribution in [0.15, 0.2) is 17.6 Å². The van der Waals surface area contributed by atoms with E-state index in [0.717, 1.165) is 10.9 Å². The first kappa shape index (κ1) is 14.1. The second-order valence-corrected chi connectivity index (χ2v) is 6.39. The zero-order chi connectivity index (χ0) is 14.8. The maximum Gasteiger partial charge on any atom is 0.236 e. The molecule has 7 nitrogen and oxygen atoms in total. The summed E-state index contributed by atoms with van der Waals surface area (Å²) in [6, 6.07) is 2.38. The van der Waals surface area contributed by atoms with Crippen LogP contribution < -0.4 is 5.32 Å². The van der Waals surface area contributed by atoms with Crippen LogP contribution in [0.1, 0.15) is 44.3 Å². The normalized spacial score (nSPS) is 14.6. The first-order valence-electron chi connectivity index (χ1n) is 7.01. The Hall–Kier alpha value is -1.83. The van der Waals surface area contributed by atoms with Gasteiger partial charge in [-0.2, -0.15) is 5.10 Å². The van der Waals surface area contributed by atoms with Gasteiger partial charge < -0.3 is 9.88 Å². The van der Waals surface area contributed by atoms with Gasteiger partial charge in [0, 0.05) is 17.8 Å². The van der Waals surface area contributed by atoms with Gasteiger partial charge in [0.15, 0.2) is 11.0 Å². The number of aromatic amines is 1. The molecule has 1 fully saturated rings. The molecule has 2 aromatic rings. The molecule has 3 rings (SSSR count). The number of carbonyl (C=O) groups is 1. The molecule has 112 valence electrons. The highest BCUT2D eigenvalue weighted by Gasteiger charge is 2.26. The quantitative estimate of drug-likeness (QED) is 0.799. The van der Waals surface area contributed by atoms with Crippen molar-refractivity contribution in [3.8, 4) is 0 Å². The van der Waals surface area contributed by atoms with E-state index in [-0.39, 0.29) is 5.91 Å². The minimum atomic E-state index is -0.0906. The number of amides is 1. The molecular formula is C13H18N6OS. The molecule has 1 amide bonds. The van der Waals surface area contributed by atoms with Crippen molar-refractivity contribution >= 4 is 23.5 Å². The summed E-state index contributed by atoms with van der Waals surface area (Å²) in [5, 5.41) is 18.6. The highest BCUT2D eigenvalue weighted by molar-refractivity contribution is 7.99. The molecule has 2 aromatic heterocycles. The molecule has 8 heteroatoms. The minimum Gasteiger partial charge on any atom is -0.308 e. The van der Waals surface area contributed by atoms with Gasteiger partial charge >= 0.3 is 0 Å². The summed E-state index contributed by atoms with van der Waals surface area (Å²) in [6.07, 6.45) is 4.08. The highest BCUT2D eigenvalue weighted by atomic mass is 32.2. The van der Waals surface area contributed by atoms with Crippen molar-refractivity contribution in [1.82, 2.24) is 25.0 Å². The lowest BCUT2D eigenvalue weighted by Gasteiger charge is -2.04. The number of hydrogen-bond acceptors (Lipinski definition) is 5. The van der Waals surface area contributed by atoms with Crippen LogP contribution in [0.4, 0.5) is 5.82 Å². The van der Waals surface area contributed by atoms with Crippen molar-refractivity contribution in [1.29, 1.82) is 0 Å². The second kappa shape index (κ2) is 5.88. The number of carbonyl (C=O) groups excluding carboxylic acids is 1. The van der Waals surface area contributed by atoms with Crippen molar-refractivity contribution in [2.75, 3.05) is 11.1 Å². The van der Waals surface area contributed by atoms with Gasteiger partial charge in [-0.3, -0.25) is 9.89 Å². The number of nitrogens with zero attached hydrogens (tertiary/aromatic N) is 4. The number of aromatic nitrogens is 5. The molecule has 1 aliphatic rings. The predicted molar refractivity (Wildman–Crippen MR) is 80.3 cm³/mol. The van der Waals surface area contributed by atoms with Crippen LogP contribution in [0.5, 0.6) is 0 Å². The third kappa shape index (κ3) is 3.44. The van der Waals surface area contributed by atoms with Crippen LogP contribution in [0.2, 0.25) is 0 Å². The second-order valence-electron chi connectivity index (χ2n) is 5.45. The van der Waals surface area contributed by atoms with Crippen molar-refractivity contribution in [2.45, 2.75) is 43.8 Å². The fourth-order valence-corrected chi connectivity index (χ4v) is 2.73. The smallest absolute Gasteiger partial charge is 0.236 e. The van der Waals surface area contributed by atoms with Crippen LogP contribution >= 0.6 is 11.8 Å². The molecular weight excluding hydrogens is 288 g/mol. The molecule has 2 heterocycles. The molecule has 1 saturated carbocycles. The Labute approximate surface area is 126 Å². The summed E-state index contributed by atoms with van der Waals surface area (Å²) < 4.78 is 2.04. The maximum atomic E-state index is 11.9. The standard InChI is InChI=1S/C13H18N6OS/c1-8(2)10-5-11(17-16-10)15-12(20)6-21-13-18-14-7-19(13)9-3-4-9/h5,7-9H,3-4,6H2,1-2H3,(H2,15,16,17,20). The highest BCUT2D eigenvalue weighted by Crippen LogP contribution is 2.37. The van der Waals surface area contributed by atoms with Crippen LogP contribution in [0.25, 0.3) is 0 Å². The summed E-state index contributed by atoms with van der Waals surface area (Å²) in [4.78, 5) is 11.9. The first-order chi connectivity index (χ1) is 10.1. The van der Waals surface area contributed by atoms with Gasteiger partial charge in [0.1, 0.15) is 6.33 Å². The fourth-order valence-electron chi connectivity index (χ4n) is 1.94. The topological polar surface area (TPSA) is 88.5 Å². The van der Waals surface area contributed by atoms with E-state index in [0.29, 0.717) is 23.5 Å². The summed E-state index contributed by atoms with van der Waals surface area (Å²) in [5.41, 5.74) is 1.01. The van der Waals surface area contributed by atoms with Crippen LogP contribution in [-0.4, -0.2) is 36.6 Å². The van der Waals surface area contributed by atoms with E-state index in [9.17, 15) is 4.79 Å². The molecule has 0 bridgehead atoms. The van der Waals surface area contributed by atoms with Gasteiger partial charge in [-0.15, -0.1) is 10.2 Å². The lowest BCUT2D eigenvalue weighted by Crippen LogP contribution is -2.14. The monoisotopic (exact) mass is 306 g/mol. The van der Waals surface area contributed by atoms with Crippen LogP contribution in [0, 0.1) is 0 Å². The van der Waals surface area contributed by atoms with Gasteiger partial charge in [-0.25, -0.2) is 0 Å². The average Bonchev–Trinajstić information content (AvgIpc) is 3.00. The van der Waals surface area contributed by atoms with Gasteiger partial charge in [0.25, 0.3) is 0 Å². The molecule has 1 aliphatic carbocycles. The maximum absolute atomic E-state index is 11.9. The third-order valence-corrected chi connectivity index (χ3v) is 4.26. The lowest BCUT2D eigenvalue weighted by atomic mass is 10.1. The van der Waals surface area contributed by atoms with E-state index in [1.165, 1.54) is 24.6 Å². The Kier molecular flexibility index (Phi) is 3.96.